The minimum absolute atomic E-state index is 0.337. The van der Waals surface area contributed by atoms with E-state index in [1.165, 1.54) is 5.01 Å². The van der Waals surface area contributed by atoms with Gasteiger partial charge in [0.1, 0.15) is 5.01 Å². The van der Waals surface area contributed by atoms with Crippen LogP contribution < -0.4 is 0 Å². The molecule has 1 aromatic heterocycles. The third-order valence-electron chi connectivity index (χ3n) is 2.24. The van der Waals surface area contributed by atoms with Gasteiger partial charge < -0.3 is 4.74 Å². The van der Waals surface area contributed by atoms with E-state index in [2.05, 4.69) is 25.8 Å². The molecule has 0 amide bonds. The van der Waals surface area contributed by atoms with Crippen LogP contribution in [0.15, 0.2) is 11.6 Å². The number of aromatic nitrogens is 1. The Morgan fingerprint density at radius 3 is 3.36 bits per heavy atom. The van der Waals surface area contributed by atoms with E-state index >= 15 is 0 Å². The molecule has 14 heavy (non-hydrogen) atoms. The summed E-state index contributed by atoms with van der Waals surface area (Å²) < 4.78 is 5.57. The summed E-state index contributed by atoms with van der Waals surface area (Å²) in [6, 6.07) is 0. The summed E-state index contributed by atoms with van der Waals surface area (Å²) in [5.41, 5.74) is 0. The number of halogens is 1. The largest absolute Gasteiger partial charge is 0.375 e. The molecule has 0 bridgehead atoms. The predicted molar refractivity (Wildman–Crippen MR) is 60.9 cm³/mol. The van der Waals surface area contributed by atoms with E-state index in [4.69, 9.17) is 4.74 Å². The van der Waals surface area contributed by atoms with Crippen molar-refractivity contribution in [1.82, 2.24) is 9.88 Å². The number of nitrogens with zero attached hydrogens (tertiary/aromatic N) is 2. The van der Waals surface area contributed by atoms with Crippen molar-refractivity contribution in [3.63, 3.8) is 0 Å². The van der Waals surface area contributed by atoms with Crippen LogP contribution in [0.25, 0.3) is 0 Å². The molecule has 1 aliphatic rings. The highest BCUT2D eigenvalue weighted by Crippen LogP contribution is 2.13. The molecule has 0 N–H and O–H groups in total. The second-order valence-corrected chi connectivity index (χ2v) is 4.93. The van der Waals surface area contributed by atoms with Crippen LogP contribution in [0, 0.1) is 0 Å². The van der Waals surface area contributed by atoms with E-state index in [0.717, 1.165) is 31.6 Å². The molecule has 5 heteroatoms. The van der Waals surface area contributed by atoms with E-state index in [-0.39, 0.29) is 0 Å². The maximum absolute atomic E-state index is 5.57. The molecule has 2 rings (SSSR count). The highest BCUT2D eigenvalue weighted by Gasteiger charge is 2.19. The summed E-state index contributed by atoms with van der Waals surface area (Å²) in [7, 11) is 0. The summed E-state index contributed by atoms with van der Waals surface area (Å²) in [4.78, 5) is 6.68. The van der Waals surface area contributed by atoms with Gasteiger partial charge in [0.15, 0.2) is 0 Å². The van der Waals surface area contributed by atoms with E-state index in [0.29, 0.717) is 6.10 Å². The smallest absolute Gasteiger partial charge is 0.107 e. The zero-order valence-electron chi connectivity index (χ0n) is 7.86. The molecule has 0 aromatic carbocycles. The van der Waals surface area contributed by atoms with Gasteiger partial charge in [-0.25, -0.2) is 4.98 Å². The molecule has 1 aliphatic heterocycles. The Hall–Kier alpha value is 0.0300. The van der Waals surface area contributed by atoms with Crippen LogP contribution in [0.5, 0.6) is 0 Å². The first-order valence-corrected chi connectivity index (χ1v) is 6.67. The van der Waals surface area contributed by atoms with Crippen molar-refractivity contribution in [3.8, 4) is 0 Å². The number of hydrogen-bond donors (Lipinski definition) is 0. The van der Waals surface area contributed by atoms with Crippen molar-refractivity contribution < 1.29 is 4.74 Å². The Labute approximate surface area is 96.2 Å². The van der Waals surface area contributed by atoms with Crippen molar-refractivity contribution in [2.75, 3.05) is 25.0 Å². The van der Waals surface area contributed by atoms with Gasteiger partial charge in [-0.05, 0) is 0 Å². The van der Waals surface area contributed by atoms with Gasteiger partial charge in [0, 0.05) is 30.0 Å². The fourth-order valence-corrected chi connectivity index (χ4v) is 2.59. The number of ether oxygens (including phenoxy) is 1. The Balaban J connectivity index is 1.86. The Morgan fingerprint density at radius 2 is 2.64 bits per heavy atom. The van der Waals surface area contributed by atoms with Crippen molar-refractivity contribution >= 4 is 27.3 Å². The van der Waals surface area contributed by atoms with Gasteiger partial charge in [0.05, 0.1) is 19.3 Å². The second-order valence-electron chi connectivity index (χ2n) is 3.31. The lowest BCUT2D eigenvalue weighted by molar-refractivity contribution is -0.0181. The molecule has 1 aromatic rings. The molecule has 78 valence electrons. The van der Waals surface area contributed by atoms with Gasteiger partial charge in [0.25, 0.3) is 0 Å². The summed E-state index contributed by atoms with van der Waals surface area (Å²) in [5, 5.41) is 4.14. The van der Waals surface area contributed by atoms with Crippen LogP contribution in [0.4, 0.5) is 0 Å². The fourth-order valence-electron chi connectivity index (χ4n) is 1.54. The monoisotopic (exact) mass is 276 g/mol. The first-order valence-electron chi connectivity index (χ1n) is 4.67. The van der Waals surface area contributed by atoms with Crippen LogP contribution in [0.3, 0.4) is 0 Å². The summed E-state index contributed by atoms with van der Waals surface area (Å²) in [5.74, 6) is 0. The van der Waals surface area contributed by atoms with Gasteiger partial charge in [-0.1, -0.05) is 15.9 Å². The average molecular weight is 277 g/mol. The van der Waals surface area contributed by atoms with Crippen molar-refractivity contribution in [3.05, 3.63) is 16.6 Å². The van der Waals surface area contributed by atoms with Crippen LogP contribution in [-0.4, -0.2) is 41.0 Å². The Kier molecular flexibility index (Phi) is 3.92. The molecule has 0 spiro atoms. The minimum Gasteiger partial charge on any atom is -0.375 e. The van der Waals surface area contributed by atoms with Crippen LogP contribution >= 0.6 is 27.3 Å². The number of alkyl halides is 1. The highest BCUT2D eigenvalue weighted by atomic mass is 79.9. The molecule has 2 heterocycles. The SMILES string of the molecule is BrCC1CN(Cc2nccs2)CCO1. The third kappa shape index (κ3) is 2.76. The zero-order chi connectivity index (χ0) is 9.80. The van der Waals surface area contributed by atoms with E-state index in [1.54, 1.807) is 11.3 Å². The molecule has 1 unspecified atom stereocenters. The van der Waals surface area contributed by atoms with Crippen LogP contribution in [0.1, 0.15) is 5.01 Å². The average Bonchev–Trinajstić information content (AvgIpc) is 2.71. The number of rotatable bonds is 3. The van der Waals surface area contributed by atoms with E-state index in [9.17, 15) is 0 Å². The predicted octanol–water partition coefficient (Wildman–Crippen LogP) is 1.74. The Morgan fingerprint density at radius 1 is 1.71 bits per heavy atom. The maximum Gasteiger partial charge on any atom is 0.107 e. The lowest BCUT2D eigenvalue weighted by Crippen LogP contribution is -2.42. The molecule has 1 fully saturated rings. The van der Waals surface area contributed by atoms with Crippen LogP contribution in [-0.2, 0) is 11.3 Å². The number of morpholine rings is 1. The molecular weight excluding hydrogens is 264 g/mol. The highest BCUT2D eigenvalue weighted by molar-refractivity contribution is 9.09. The summed E-state index contributed by atoms with van der Waals surface area (Å²) in [6.45, 7) is 3.82. The number of hydrogen-bond acceptors (Lipinski definition) is 4. The van der Waals surface area contributed by atoms with Crippen molar-refractivity contribution in [1.29, 1.82) is 0 Å². The first-order chi connectivity index (χ1) is 6.88. The number of thiazole rings is 1. The lowest BCUT2D eigenvalue weighted by atomic mass is 10.3. The molecule has 0 radical (unpaired) electrons. The molecule has 1 atom stereocenters. The maximum atomic E-state index is 5.57. The van der Waals surface area contributed by atoms with E-state index in [1.807, 2.05) is 11.6 Å². The fraction of sp³-hybridized carbons (Fsp3) is 0.667. The van der Waals surface area contributed by atoms with Gasteiger partial charge in [-0.15, -0.1) is 11.3 Å². The van der Waals surface area contributed by atoms with Crippen molar-refractivity contribution in [2.24, 2.45) is 0 Å². The van der Waals surface area contributed by atoms with Gasteiger partial charge in [0.2, 0.25) is 0 Å². The normalized spacial score (nSPS) is 23.9. The zero-order valence-corrected chi connectivity index (χ0v) is 10.3. The van der Waals surface area contributed by atoms with Crippen molar-refractivity contribution in [2.45, 2.75) is 12.6 Å². The first kappa shape index (κ1) is 10.5. The molecule has 1 saturated heterocycles. The van der Waals surface area contributed by atoms with Gasteiger partial charge in [-0.2, -0.15) is 0 Å². The topological polar surface area (TPSA) is 25.4 Å². The van der Waals surface area contributed by atoms with Crippen LogP contribution in [0.2, 0.25) is 0 Å². The molecule has 3 nitrogen and oxygen atoms in total. The molecule has 0 saturated carbocycles. The van der Waals surface area contributed by atoms with Gasteiger partial charge in [-0.3, -0.25) is 4.90 Å². The van der Waals surface area contributed by atoms with Gasteiger partial charge >= 0.3 is 0 Å². The molecular formula is C9H13BrN2OS. The lowest BCUT2D eigenvalue weighted by Gasteiger charge is -2.31. The summed E-state index contributed by atoms with van der Waals surface area (Å²) in [6.07, 6.45) is 2.20. The second kappa shape index (κ2) is 5.21. The van der Waals surface area contributed by atoms with E-state index < -0.39 is 0 Å². The Bertz CT molecular complexity index is 268. The standard InChI is InChI=1S/C9H13BrN2OS/c10-5-8-6-12(2-3-13-8)7-9-11-1-4-14-9/h1,4,8H,2-3,5-7H2. The minimum atomic E-state index is 0.337. The summed E-state index contributed by atoms with van der Waals surface area (Å²) >= 11 is 5.17. The third-order valence-corrected chi connectivity index (χ3v) is 3.72. The quantitative estimate of drug-likeness (QED) is 0.787. The molecule has 0 aliphatic carbocycles.